The summed E-state index contributed by atoms with van der Waals surface area (Å²) in [6, 6.07) is 3.29. The maximum absolute atomic E-state index is 11.6. The van der Waals surface area contributed by atoms with Crippen LogP contribution in [0.15, 0.2) is 22.3 Å². The molecule has 0 spiro atoms. The lowest BCUT2D eigenvalue weighted by atomic mass is 10.2. The van der Waals surface area contributed by atoms with Crippen LogP contribution >= 0.6 is 23.4 Å². The van der Waals surface area contributed by atoms with E-state index in [2.05, 4.69) is 15.5 Å². The van der Waals surface area contributed by atoms with Crippen LogP contribution < -0.4 is 14.8 Å². The number of benzene rings is 1. The molecule has 1 heterocycles. The van der Waals surface area contributed by atoms with Crippen molar-refractivity contribution in [2.45, 2.75) is 11.7 Å². The van der Waals surface area contributed by atoms with E-state index in [0.29, 0.717) is 22.1 Å². The van der Waals surface area contributed by atoms with Crippen LogP contribution in [-0.4, -0.2) is 47.8 Å². The summed E-state index contributed by atoms with van der Waals surface area (Å²) in [5.74, 6) is -0.584. The molecule has 2 N–H and O–H groups in total. The molecule has 1 aromatic carbocycles. The van der Waals surface area contributed by atoms with E-state index >= 15 is 0 Å². The zero-order chi connectivity index (χ0) is 17.7. The zero-order valence-electron chi connectivity index (χ0n) is 12.8. The molecule has 1 fully saturated rings. The predicted molar refractivity (Wildman–Crippen MR) is 91.4 cm³/mol. The molecular weight excluding hydrogens is 358 g/mol. The number of amides is 1. The van der Waals surface area contributed by atoms with Gasteiger partial charge in [0.25, 0.3) is 0 Å². The van der Waals surface area contributed by atoms with Gasteiger partial charge in [0.15, 0.2) is 16.7 Å². The second kappa shape index (κ2) is 8.02. The molecular formula is C14H14ClN3O5S. The number of aliphatic carboxylic acids is 1. The molecule has 128 valence electrons. The van der Waals surface area contributed by atoms with E-state index in [1.54, 1.807) is 12.1 Å². The maximum atomic E-state index is 11.6. The smallest absolute Gasteiger partial charge is 0.305 e. The van der Waals surface area contributed by atoms with Gasteiger partial charge in [-0.3, -0.25) is 9.59 Å². The molecule has 0 bridgehead atoms. The van der Waals surface area contributed by atoms with Crippen molar-refractivity contribution in [3.8, 4) is 11.5 Å². The zero-order valence-corrected chi connectivity index (χ0v) is 14.3. The topological polar surface area (TPSA) is 110 Å². The number of rotatable bonds is 6. The van der Waals surface area contributed by atoms with Crippen LogP contribution in [0.3, 0.4) is 0 Å². The summed E-state index contributed by atoms with van der Waals surface area (Å²) in [5.41, 5.74) is 0.624. The molecule has 1 aliphatic rings. The molecule has 1 saturated heterocycles. The molecule has 1 aromatic rings. The van der Waals surface area contributed by atoms with Crippen LogP contribution in [-0.2, 0) is 9.59 Å². The van der Waals surface area contributed by atoms with Gasteiger partial charge in [0.2, 0.25) is 5.91 Å². The molecule has 0 aromatic heterocycles. The van der Waals surface area contributed by atoms with Gasteiger partial charge in [-0.25, -0.2) is 0 Å². The third-order valence-electron chi connectivity index (χ3n) is 2.95. The molecule has 8 nitrogen and oxygen atoms in total. The van der Waals surface area contributed by atoms with Crippen LogP contribution in [0.5, 0.6) is 11.5 Å². The second-order valence-corrected chi connectivity index (χ2v) is 6.18. The monoisotopic (exact) mass is 371 g/mol. The van der Waals surface area contributed by atoms with Crippen LogP contribution in [0.25, 0.3) is 0 Å². The van der Waals surface area contributed by atoms with E-state index in [1.165, 1.54) is 20.4 Å². The van der Waals surface area contributed by atoms with Gasteiger partial charge < -0.3 is 19.9 Å². The van der Waals surface area contributed by atoms with Crippen molar-refractivity contribution >= 4 is 46.6 Å². The summed E-state index contributed by atoms with van der Waals surface area (Å²) in [6.07, 6.45) is 1.16. The fraction of sp³-hybridized carbons (Fsp3) is 0.286. The lowest BCUT2D eigenvalue weighted by Gasteiger charge is -2.09. The highest BCUT2D eigenvalue weighted by Gasteiger charge is 2.32. The number of carboxylic acid groups (broad SMARTS) is 1. The lowest BCUT2D eigenvalue weighted by Crippen LogP contribution is -2.26. The average Bonchev–Trinajstić information content (AvgIpc) is 2.85. The van der Waals surface area contributed by atoms with Crippen LogP contribution in [0.1, 0.15) is 12.0 Å². The first-order valence-electron chi connectivity index (χ1n) is 6.66. The van der Waals surface area contributed by atoms with E-state index in [9.17, 15) is 9.59 Å². The Labute approximate surface area is 146 Å². The number of nitrogens with one attached hydrogen (secondary N) is 1. The number of ether oxygens (including phenoxy) is 2. The Morgan fingerprint density at radius 3 is 2.83 bits per heavy atom. The summed E-state index contributed by atoms with van der Waals surface area (Å²) in [7, 11) is 2.97. The van der Waals surface area contributed by atoms with E-state index in [4.69, 9.17) is 26.2 Å². The standard InChI is InChI=1S/C14H14ClN3O5S/c1-22-9-4-7(3-8(15)12(9)23-2)6-16-18-14-17-13(21)10(24-14)5-11(19)20/h3-4,6,10H,5H2,1-2H3,(H,19,20)(H,17,18,21)/b16-6+. The predicted octanol–water partition coefficient (Wildman–Crippen LogP) is 1.75. The van der Waals surface area contributed by atoms with Gasteiger partial charge in [0.1, 0.15) is 5.25 Å². The minimum Gasteiger partial charge on any atom is -0.493 e. The van der Waals surface area contributed by atoms with Crippen molar-refractivity contribution in [3.63, 3.8) is 0 Å². The minimum absolute atomic E-state index is 0.245. The van der Waals surface area contributed by atoms with Gasteiger partial charge in [-0.15, -0.1) is 5.10 Å². The van der Waals surface area contributed by atoms with Gasteiger partial charge in [0, 0.05) is 5.56 Å². The highest BCUT2D eigenvalue weighted by molar-refractivity contribution is 8.15. The number of carboxylic acids is 1. The lowest BCUT2D eigenvalue weighted by molar-refractivity contribution is -0.138. The first-order chi connectivity index (χ1) is 11.4. The third-order valence-corrected chi connectivity index (χ3v) is 4.30. The molecule has 0 aliphatic carbocycles. The number of carbonyl (C=O) groups is 2. The highest BCUT2D eigenvalue weighted by atomic mass is 35.5. The summed E-state index contributed by atoms with van der Waals surface area (Å²) >= 11 is 7.11. The maximum Gasteiger partial charge on any atom is 0.305 e. The summed E-state index contributed by atoms with van der Waals surface area (Å²) < 4.78 is 10.3. The van der Waals surface area contributed by atoms with Crippen molar-refractivity contribution in [1.82, 2.24) is 5.32 Å². The van der Waals surface area contributed by atoms with E-state index in [1.807, 2.05) is 0 Å². The highest BCUT2D eigenvalue weighted by Crippen LogP contribution is 2.35. The molecule has 24 heavy (non-hydrogen) atoms. The van der Waals surface area contributed by atoms with E-state index in [0.717, 1.165) is 11.8 Å². The average molecular weight is 372 g/mol. The summed E-state index contributed by atoms with van der Waals surface area (Å²) in [4.78, 5) is 22.2. The molecule has 1 aliphatic heterocycles. The van der Waals surface area contributed by atoms with E-state index < -0.39 is 17.1 Å². The molecule has 10 heteroatoms. The number of halogens is 1. The molecule has 1 unspecified atom stereocenters. The molecule has 1 amide bonds. The molecule has 0 saturated carbocycles. The number of carbonyl (C=O) groups excluding carboxylic acids is 1. The van der Waals surface area contributed by atoms with Gasteiger partial charge in [-0.2, -0.15) is 5.10 Å². The Kier molecular flexibility index (Phi) is 6.04. The Morgan fingerprint density at radius 1 is 1.46 bits per heavy atom. The number of nitrogens with zero attached hydrogens (tertiary/aromatic N) is 2. The van der Waals surface area contributed by atoms with Gasteiger partial charge >= 0.3 is 5.97 Å². The van der Waals surface area contributed by atoms with Crippen LogP contribution in [0.2, 0.25) is 5.02 Å². The van der Waals surface area contributed by atoms with Crippen molar-refractivity contribution in [3.05, 3.63) is 22.7 Å². The quantitative estimate of drug-likeness (QED) is 0.582. The summed E-state index contributed by atoms with van der Waals surface area (Å²) in [5, 5.41) is 18.8. The van der Waals surface area contributed by atoms with Gasteiger partial charge in [-0.05, 0) is 12.1 Å². The van der Waals surface area contributed by atoms with Crippen LogP contribution in [0.4, 0.5) is 0 Å². The largest absolute Gasteiger partial charge is 0.493 e. The van der Waals surface area contributed by atoms with Gasteiger partial charge in [0.05, 0.1) is 31.9 Å². The number of hydrogen-bond donors (Lipinski definition) is 2. The minimum atomic E-state index is -1.05. The fourth-order valence-electron chi connectivity index (χ4n) is 1.91. The van der Waals surface area contributed by atoms with E-state index in [-0.39, 0.29) is 11.6 Å². The Hall–Kier alpha value is -2.26. The van der Waals surface area contributed by atoms with Crippen molar-refractivity contribution < 1.29 is 24.2 Å². The SMILES string of the molecule is COc1cc(/C=N/N=C2\NC(=O)C(CC(=O)O)S2)cc(Cl)c1OC. The van der Waals surface area contributed by atoms with Crippen molar-refractivity contribution in [2.75, 3.05) is 14.2 Å². The van der Waals surface area contributed by atoms with Crippen molar-refractivity contribution in [2.24, 2.45) is 10.2 Å². The van der Waals surface area contributed by atoms with Gasteiger partial charge in [-0.1, -0.05) is 23.4 Å². The number of thioether (sulfide) groups is 1. The molecule has 0 radical (unpaired) electrons. The number of methoxy groups -OCH3 is 2. The first kappa shape index (κ1) is 18.1. The third kappa shape index (κ3) is 4.39. The Bertz CT molecular complexity index is 723. The first-order valence-corrected chi connectivity index (χ1v) is 7.92. The van der Waals surface area contributed by atoms with Crippen LogP contribution in [0, 0.1) is 0 Å². The molecule has 2 rings (SSSR count). The normalized spacial score (nSPS) is 18.9. The number of hydrogen-bond acceptors (Lipinski definition) is 7. The Balaban J connectivity index is 2.10. The second-order valence-electron chi connectivity index (χ2n) is 4.58. The Morgan fingerprint density at radius 2 is 2.21 bits per heavy atom. The van der Waals surface area contributed by atoms with Crippen molar-refractivity contribution in [1.29, 1.82) is 0 Å². The fourth-order valence-corrected chi connectivity index (χ4v) is 3.12. The molecule has 1 atom stereocenters. The summed E-state index contributed by atoms with van der Waals surface area (Å²) in [6.45, 7) is 0. The number of amidine groups is 1.